The predicted molar refractivity (Wildman–Crippen MR) is 72.6 cm³/mol. The van der Waals surface area contributed by atoms with Crippen LogP contribution in [0, 0.1) is 5.82 Å². The number of carbonyl (C=O) groups excluding carboxylic acids is 1. The lowest BCUT2D eigenvalue weighted by Crippen LogP contribution is -2.07. The van der Waals surface area contributed by atoms with Crippen molar-refractivity contribution in [1.29, 1.82) is 0 Å². The molecule has 0 saturated carbocycles. The second-order valence-electron chi connectivity index (χ2n) is 4.09. The quantitative estimate of drug-likeness (QED) is 0.691. The van der Waals surface area contributed by atoms with Gasteiger partial charge in [-0.3, -0.25) is 0 Å². The number of rotatable bonds is 4. The Balaban J connectivity index is 1.72. The smallest absolute Gasteiger partial charge is 0.350 e. The minimum atomic E-state index is -0.472. The molecule has 0 unspecified atom stereocenters. The molecule has 1 aromatic carbocycles. The van der Waals surface area contributed by atoms with Gasteiger partial charge in [0.05, 0.1) is 5.69 Å². The largest absolute Gasteiger partial charge is 0.457 e. The third-order valence-corrected chi connectivity index (χ3v) is 3.59. The van der Waals surface area contributed by atoms with Gasteiger partial charge in [-0.05, 0) is 39.6 Å². The molecule has 0 aliphatic rings. The van der Waals surface area contributed by atoms with Crippen LogP contribution in [0.5, 0.6) is 0 Å². The first-order valence-corrected chi connectivity index (χ1v) is 6.84. The lowest BCUT2D eigenvalue weighted by molar-refractivity contribution is 0.0478. The average Bonchev–Trinajstić information content (AvgIpc) is 3.16. The fourth-order valence-corrected chi connectivity index (χ4v) is 2.47. The zero-order chi connectivity index (χ0) is 14.7. The van der Waals surface area contributed by atoms with Gasteiger partial charge >= 0.3 is 5.97 Å². The van der Waals surface area contributed by atoms with Crippen LogP contribution < -0.4 is 0 Å². The molecule has 0 atom stereocenters. The third kappa shape index (κ3) is 2.95. The van der Waals surface area contributed by atoms with Crippen LogP contribution in [0.25, 0.3) is 5.69 Å². The molecule has 3 rings (SSSR count). The summed E-state index contributed by atoms with van der Waals surface area (Å²) in [5, 5.41) is 12.6. The number of halogens is 1. The normalized spacial score (nSPS) is 10.5. The summed E-state index contributed by atoms with van der Waals surface area (Å²) in [7, 11) is 0. The van der Waals surface area contributed by atoms with E-state index in [-0.39, 0.29) is 12.4 Å². The Morgan fingerprint density at radius 1 is 1.29 bits per heavy atom. The minimum Gasteiger partial charge on any atom is -0.457 e. The van der Waals surface area contributed by atoms with E-state index in [1.165, 1.54) is 34.5 Å². The van der Waals surface area contributed by atoms with Crippen molar-refractivity contribution in [1.82, 2.24) is 20.2 Å². The van der Waals surface area contributed by atoms with Gasteiger partial charge in [0.15, 0.2) is 0 Å². The molecule has 0 radical (unpaired) electrons. The van der Waals surface area contributed by atoms with Gasteiger partial charge < -0.3 is 4.74 Å². The van der Waals surface area contributed by atoms with Crippen LogP contribution in [0.4, 0.5) is 4.39 Å². The molecule has 0 aliphatic heterocycles. The van der Waals surface area contributed by atoms with Crippen LogP contribution in [0.15, 0.2) is 42.0 Å². The number of ether oxygens (including phenoxy) is 1. The molecule has 106 valence electrons. The summed E-state index contributed by atoms with van der Waals surface area (Å²) in [4.78, 5) is 12.5. The van der Waals surface area contributed by atoms with Crippen molar-refractivity contribution in [2.45, 2.75) is 6.61 Å². The van der Waals surface area contributed by atoms with Gasteiger partial charge in [0.25, 0.3) is 0 Å². The molecule has 2 aromatic heterocycles. The molecule has 6 nitrogen and oxygen atoms in total. The van der Waals surface area contributed by atoms with Crippen molar-refractivity contribution in [2.75, 3.05) is 0 Å². The summed E-state index contributed by atoms with van der Waals surface area (Å²) in [5.74, 6) is -0.802. The summed E-state index contributed by atoms with van der Waals surface area (Å²) in [6.45, 7) is 0.0755. The van der Waals surface area contributed by atoms with Crippen molar-refractivity contribution in [3.05, 3.63) is 58.3 Å². The molecule has 3 aromatic rings. The predicted octanol–water partition coefficient (Wildman–Crippen LogP) is 2.22. The zero-order valence-electron chi connectivity index (χ0n) is 10.6. The highest BCUT2D eigenvalue weighted by atomic mass is 32.1. The summed E-state index contributed by atoms with van der Waals surface area (Å²) in [6.07, 6.45) is 1.40. The molecule has 0 saturated heterocycles. The molecular weight excluding hydrogens is 295 g/mol. The molecule has 21 heavy (non-hydrogen) atoms. The number of hydrogen-bond acceptors (Lipinski definition) is 6. The first-order valence-electron chi connectivity index (χ1n) is 5.96. The lowest BCUT2D eigenvalue weighted by Gasteiger charge is -2.05. The van der Waals surface area contributed by atoms with Gasteiger partial charge in [0.1, 0.15) is 23.6 Å². The van der Waals surface area contributed by atoms with Crippen LogP contribution >= 0.6 is 11.3 Å². The number of tetrazole rings is 1. The first kappa shape index (κ1) is 13.4. The Labute approximate surface area is 122 Å². The van der Waals surface area contributed by atoms with Crippen molar-refractivity contribution in [3.63, 3.8) is 0 Å². The molecule has 0 bridgehead atoms. The summed E-state index contributed by atoms with van der Waals surface area (Å²) in [5.41, 5.74) is 1.28. The summed E-state index contributed by atoms with van der Waals surface area (Å²) >= 11 is 1.24. The molecule has 0 spiro atoms. The molecule has 0 N–H and O–H groups in total. The topological polar surface area (TPSA) is 69.9 Å². The van der Waals surface area contributed by atoms with Gasteiger partial charge in [0, 0.05) is 0 Å². The Hall–Kier alpha value is -2.61. The molecule has 0 aliphatic carbocycles. The second-order valence-corrected chi connectivity index (χ2v) is 5.01. The van der Waals surface area contributed by atoms with E-state index in [2.05, 4.69) is 15.5 Å². The molecule has 8 heteroatoms. The highest BCUT2D eigenvalue weighted by Crippen LogP contribution is 2.21. The fraction of sp³-hybridized carbons (Fsp3) is 0.0769. The van der Waals surface area contributed by atoms with Crippen molar-refractivity contribution >= 4 is 17.3 Å². The number of thiophene rings is 1. The number of carbonyl (C=O) groups is 1. The average molecular weight is 304 g/mol. The van der Waals surface area contributed by atoms with Crippen molar-refractivity contribution in [2.24, 2.45) is 0 Å². The van der Waals surface area contributed by atoms with Crippen molar-refractivity contribution < 1.29 is 13.9 Å². The third-order valence-electron chi connectivity index (χ3n) is 2.71. The Kier molecular flexibility index (Phi) is 3.69. The second kappa shape index (κ2) is 5.80. The SMILES string of the molecule is O=C(OCc1ccc(F)cc1)c1sccc1-n1cnnn1. The molecule has 0 fully saturated rings. The lowest BCUT2D eigenvalue weighted by atomic mass is 10.2. The molecule has 2 heterocycles. The summed E-state index contributed by atoms with van der Waals surface area (Å²) < 4.78 is 19.4. The number of aromatic nitrogens is 4. The van der Waals surface area contributed by atoms with Gasteiger partial charge in [-0.25, -0.2) is 9.18 Å². The maximum atomic E-state index is 12.8. The van der Waals surface area contributed by atoms with Crippen LogP contribution in [0.3, 0.4) is 0 Å². The van der Waals surface area contributed by atoms with Gasteiger partial charge in [-0.1, -0.05) is 12.1 Å². The van der Waals surface area contributed by atoms with Gasteiger partial charge in [-0.2, -0.15) is 4.68 Å². The Bertz CT molecular complexity index is 740. The van der Waals surface area contributed by atoms with Crippen LogP contribution in [0.1, 0.15) is 15.2 Å². The van der Waals surface area contributed by atoms with Crippen LogP contribution in [-0.2, 0) is 11.3 Å². The molecule has 0 amide bonds. The van der Waals surface area contributed by atoms with E-state index >= 15 is 0 Å². The van der Waals surface area contributed by atoms with E-state index < -0.39 is 5.97 Å². The van der Waals surface area contributed by atoms with Gasteiger partial charge in [0.2, 0.25) is 0 Å². The number of esters is 1. The minimum absolute atomic E-state index is 0.0755. The monoisotopic (exact) mass is 304 g/mol. The fourth-order valence-electron chi connectivity index (χ4n) is 1.70. The van der Waals surface area contributed by atoms with E-state index in [0.29, 0.717) is 16.1 Å². The highest BCUT2D eigenvalue weighted by Gasteiger charge is 2.17. The van der Waals surface area contributed by atoms with Gasteiger partial charge in [-0.15, -0.1) is 16.4 Å². The van der Waals surface area contributed by atoms with E-state index in [4.69, 9.17) is 4.74 Å². The number of nitrogens with zero attached hydrogens (tertiary/aromatic N) is 4. The highest BCUT2D eigenvalue weighted by molar-refractivity contribution is 7.12. The summed E-state index contributed by atoms with van der Waals surface area (Å²) in [6, 6.07) is 7.51. The first-order chi connectivity index (χ1) is 10.2. The van der Waals surface area contributed by atoms with E-state index in [9.17, 15) is 9.18 Å². The maximum absolute atomic E-state index is 12.8. The zero-order valence-corrected chi connectivity index (χ0v) is 11.5. The van der Waals surface area contributed by atoms with E-state index in [1.54, 1.807) is 23.6 Å². The Morgan fingerprint density at radius 3 is 2.81 bits per heavy atom. The van der Waals surface area contributed by atoms with E-state index in [1.807, 2.05) is 0 Å². The maximum Gasteiger partial charge on any atom is 0.350 e. The standard InChI is InChI=1S/C13H9FN4O2S/c14-10-3-1-9(2-4-10)7-20-13(19)12-11(5-6-21-12)18-8-15-16-17-18/h1-6,8H,7H2. The number of hydrogen-bond donors (Lipinski definition) is 0. The van der Waals surface area contributed by atoms with Crippen molar-refractivity contribution in [3.8, 4) is 5.69 Å². The van der Waals surface area contributed by atoms with Crippen LogP contribution in [-0.4, -0.2) is 26.2 Å². The number of benzene rings is 1. The Morgan fingerprint density at radius 2 is 2.10 bits per heavy atom. The molecular formula is C13H9FN4O2S. The van der Waals surface area contributed by atoms with E-state index in [0.717, 1.165) is 0 Å². The van der Waals surface area contributed by atoms with Crippen LogP contribution in [0.2, 0.25) is 0 Å².